The van der Waals surface area contributed by atoms with Gasteiger partial charge in [0.15, 0.2) is 23.1 Å². The number of ketones is 4. The average molecular weight is 1090 g/mol. The van der Waals surface area contributed by atoms with Crippen LogP contribution in [0, 0.1) is 0 Å². The minimum absolute atomic E-state index is 0.123. The molecule has 6 aromatic rings. The highest BCUT2D eigenvalue weighted by atomic mass is 32.3. The van der Waals surface area contributed by atoms with Crippen LogP contribution < -0.4 is 19.6 Å². The van der Waals surface area contributed by atoms with Crippen LogP contribution in [0.25, 0.3) is 12.2 Å². The second-order valence-corrected chi connectivity index (χ2v) is 21.9. The number of rotatable bonds is 20. The third-order valence-corrected chi connectivity index (χ3v) is 16.5. The molecule has 0 radical (unpaired) electrons. The zero-order valence-corrected chi connectivity index (χ0v) is 45.1. The van der Waals surface area contributed by atoms with E-state index in [2.05, 4.69) is 30.3 Å². The molecule has 0 spiro atoms. The third-order valence-electron chi connectivity index (χ3n) is 13.8. The van der Waals surface area contributed by atoms with Gasteiger partial charge >= 0.3 is 10.4 Å². The molecule has 2 aliphatic heterocycles. The summed E-state index contributed by atoms with van der Waals surface area (Å²) in [6, 6.07) is 28.5. The van der Waals surface area contributed by atoms with Gasteiger partial charge in [0.25, 0.3) is 0 Å². The van der Waals surface area contributed by atoms with E-state index in [0.29, 0.717) is 78.4 Å². The lowest BCUT2D eigenvalue weighted by atomic mass is 10.1. The maximum Gasteiger partial charge on any atom is 0.399 e. The predicted molar refractivity (Wildman–Crippen MR) is 300 cm³/mol. The first-order chi connectivity index (χ1) is 37.5. The van der Waals surface area contributed by atoms with Crippen molar-refractivity contribution in [1.29, 1.82) is 0 Å². The summed E-state index contributed by atoms with van der Waals surface area (Å²) in [7, 11) is -4.30. The molecule has 396 valence electrons. The number of fused-ring (bicyclic) bond motifs is 2. The number of anilines is 4. The fraction of sp³-hybridized carbons (Fsp3) is 0.321. The van der Waals surface area contributed by atoms with E-state index in [1.807, 2.05) is 72.2 Å². The molecule has 18 nitrogen and oxygen atoms in total. The Kier molecular flexibility index (Phi) is 16.4. The van der Waals surface area contributed by atoms with E-state index < -0.39 is 10.4 Å². The van der Waals surface area contributed by atoms with Crippen molar-refractivity contribution in [2.75, 3.05) is 85.2 Å². The number of Topliss-reactive ketones (excluding diaryl/α,β-unsaturated/α-hetero) is 4. The normalized spacial score (nSPS) is 15.8. The topological polar surface area (TPSA) is 209 Å². The first kappa shape index (κ1) is 53.0. The van der Waals surface area contributed by atoms with Gasteiger partial charge in [-0.3, -0.25) is 19.2 Å². The highest BCUT2D eigenvalue weighted by Crippen LogP contribution is 2.40. The number of nitrogens with zero attached hydrogens (tertiary/aromatic N) is 10. The number of aromatic nitrogens is 2. The number of allylic oxidation sites excluding steroid dienone is 2. The fourth-order valence-corrected chi connectivity index (χ4v) is 12.1. The zero-order valence-electron chi connectivity index (χ0n) is 42.7. The first-order valence-electron chi connectivity index (χ1n) is 25.9. The van der Waals surface area contributed by atoms with Crippen molar-refractivity contribution in [2.45, 2.75) is 52.4 Å². The van der Waals surface area contributed by atoms with E-state index >= 15 is 0 Å². The van der Waals surface area contributed by atoms with Crippen LogP contribution >= 0.6 is 22.7 Å². The SMILES string of the molecule is CCN(CCOS(=O)(=O)OCCN(CC)c1ccc(/N=N/c2nc(N3CCCCC3)c(C=C3C(=O)c4ccccc4C3=O)s2)cc1)c1ccc(/N=N/c2nc(N3CCCCC3)c(C=C3C(=O)c4ccccc4C3=O)s2)cc1. The molecule has 0 amide bonds. The number of benzene rings is 4. The number of azo groups is 2. The third kappa shape index (κ3) is 12.1. The van der Waals surface area contributed by atoms with E-state index in [4.69, 9.17) is 18.3 Å². The lowest BCUT2D eigenvalue weighted by Gasteiger charge is -2.27. The molecule has 2 fully saturated rings. The average Bonchev–Trinajstić information content (AvgIpc) is 4.20. The van der Waals surface area contributed by atoms with Gasteiger partial charge in [-0.25, -0.2) is 8.37 Å². The lowest BCUT2D eigenvalue weighted by Crippen LogP contribution is -2.30. The minimum atomic E-state index is -4.30. The molecule has 21 heteroatoms. The van der Waals surface area contributed by atoms with Crippen molar-refractivity contribution in [3.8, 4) is 0 Å². The van der Waals surface area contributed by atoms with Crippen molar-refractivity contribution in [1.82, 2.24) is 9.97 Å². The van der Waals surface area contributed by atoms with Gasteiger partial charge in [0.05, 0.1) is 45.5 Å². The van der Waals surface area contributed by atoms with Crippen LogP contribution in [0.3, 0.4) is 0 Å². The molecule has 4 aromatic carbocycles. The molecule has 2 aliphatic carbocycles. The van der Waals surface area contributed by atoms with E-state index in [1.165, 1.54) is 22.7 Å². The van der Waals surface area contributed by atoms with Gasteiger partial charge in [-0.05, 0) is 113 Å². The number of carbonyl (C=O) groups excluding carboxylic acids is 4. The Balaban J connectivity index is 0.708. The van der Waals surface area contributed by atoms with Crippen LogP contribution in [-0.4, -0.2) is 107 Å². The molecule has 10 rings (SSSR count). The summed E-state index contributed by atoms with van der Waals surface area (Å²) < 4.78 is 36.2. The summed E-state index contributed by atoms with van der Waals surface area (Å²) in [5.41, 5.74) is 4.71. The van der Waals surface area contributed by atoms with Gasteiger partial charge in [0.2, 0.25) is 10.3 Å². The van der Waals surface area contributed by atoms with Gasteiger partial charge in [-0.15, -0.1) is 20.5 Å². The standard InChI is InChI=1S/C56H56N10O8S3/c1-3-63(39-23-19-37(20-24-39)59-61-55-57-53(65-27-11-5-12-28-65)47(75-55)35-45-49(67)41-15-7-8-16-42(41)50(45)68)31-33-73-77(71,72)74-34-32-64(4-2)40-25-21-38(22-26-40)60-62-56-58-54(66-29-13-6-14-30-66)48(76-56)36-46-51(69)43-17-9-10-18-44(43)52(46)70/h7-10,15-26,35-36H,3-6,11-14,27-34H2,1-2H3/b61-59+,62-60+. The molecule has 0 N–H and O–H groups in total. The lowest BCUT2D eigenvalue weighted by molar-refractivity contribution is 0.0975. The smallest absolute Gasteiger partial charge is 0.369 e. The molecule has 2 aromatic heterocycles. The molecular formula is C56H56N10O8S3. The second kappa shape index (κ2) is 23.9. The largest absolute Gasteiger partial charge is 0.399 e. The van der Waals surface area contributed by atoms with Crippen LogP contribution in [0.1, 0.15) is 104 Å². The van der Waals surface area contributed by atoms with Crippen molar-refractivity contribution in [3.63, 3.8) is 0 Å². The maximum absolute atomic E-state index is 13.2. The van der Waals surface area contributed by atoms with Gasteiger partial charge in [0, 0.05) is 86.0 Å². The highest BCUT2D eigenvalue weighted by Gasteiger charge is 2.35. The van der Waals surface area contributed by atoms with E-state index in [0.717, 1.165) is 76.1 Å². The van der Waals surface area contributed by atoms with Crippen molar-refractivity contribution < 1.29 is 36.0 Å². The van der Waals surface area contributed by atoms with Crippen LogP contribution in [0.2, 0.25) is 0 Å². The zero-order chi connectivity index (χ0) is 53.5. The molecule has 0 bridgehead atoms. The van der Waals surface area contributed by atoms with E-state index in [1.54, 1.807) is 60.7 Å². The Morgan fingerprint density at radius 2 is 0.870 bits per heavy atom. The molecule has 2 saturated heterocycles. The highest BCUT2D eigenvalue weighted by molar-refractivity contribution is 7.81. The number of carbonyl (C=O) groups is 4. The molecule has 0 atom stereocenters. The summed E-state index contributed by atoms with van der Waals surface area (Å²) >= 11 is 2.56. The maximum atomic E-state index is 13.2. The second-order valence-electron chi connectivity index (χ2n) is 18.6. The van der Waals surface area contributed by atoms with Crippen molar-refractivity contribution in [2.24, 2.45) is 20.5 Å². The Morgan fingerprint density at radius 1 is 0.519 bits per heavy atom. The Labute approximate surface area is 454 Å². The Hall–Kier alpha value is -7.43. The number of piperidine rings is 2. The summed E-state index contributed by atoms with van der Waals surface area (Å²) in [4.78, 5) is 72.2. The van der Waals surface area contributed by atoms with Crippen molar-refractivity contribution in [3.05, 3.63) is 140 Å². The molecule has 4 aliphatic rings. The monoisotopic (exact) mass is 1090 g/mol. The van der Waals surface area contributed by atoms with Crippen LogP contribution in [0.4, 0.5) is 44.6 Å². The van der Waals surface area contributed by atoms with Gasteiger partial charge in [-0.1, -0.05) is 71.2 Å². The minimum Gasteiger partial charge on any atom is -0.369 e. The number of hydrogen-bond donors (Lipinski definition) is 0. The quantitative estimate of drug-likeness (QED) is 0.0396. The summed E-state index contributed by atoms with van der Waals surface area (Å²) in [5.74, 6) is 0.219. The summed E-state index contributed by atoms with van der Waals surface area (Å²) in [6.07, 6.45) is 9.64. The number of likely N-dealkylation sites (N-methyl/N-ethyl adjacent to an activating group) is 2. The summed E-state index contributed by atoms with van der Waals surface area (Å²) in [6.45, 7) is 8.62. The Morgan fingerprint density at radius 3 is 1.21 bits per heavy atom. The fourth-order valence-electron chi connectivity index (χ4n) is 9.77. The molecular weight excluding hydrogens is 1040 g/mol. The van der Waals surface area contributed by atoms with Crippen LogP contribution in [0.5, 0.6) is 0 Å². The van der Waals surface area contributed by atoms with Crippen LogP contribution in [0.15, 0.2) is 129 Å². The Bertz CT molecular complexity index is 3140. The van der Waals surface area contributed by atoms with E-state index in [9.17, 15) is 27.6 Å². The molecule has 0 unspecified atom stereocenters. The van der Waals surface area contributed by atoms with Crippen molar-refractivity contribution >= 4 is 113 Å². The molecule has 0 saturated carbocycles. The molecule has 4 heterocycles. The summed E-state index contributed by atoms with van der Waals surface area (Å²) in [5, 5.41) is 18.6. The molecule has 77 heavy (non-hydrogen) atoms. The van der Waals surface area contributed by atoms with Gasteiger partial charge < -0.3 is 19.6 Å². The van der Waals surface area contributed by atoms with Crippen LogP contribution in [-0.2, 0) is 18.8 Å². The number of thiazole rings is 2. The number of hydrogen-bond acceptors (Lipinski definition) is 20. The predicted octanol–water partition coefficient (Wildman–Crippen LogP) is 12.0. The van der Waals surface area contributed by atoms with Gasteiger partial charge in [0.1, 0.15) is 11.6 Å². The first-order valence-corrected chi connectivity index (χ1v) is 28.8. The van der Waals surface area contributed by atoms with Gasteiger partial charge in [-0.2, -0.15) is 18.4 Å². The van der Waals surface area contributed by atoms with E-state index in [-0.39, 0.29) is 60.6 Å².